The number of rotatable bonds is 2. The lowest BCUT2D eigenvalue weighted by molar-refractivity contribution is -0.209. The smallest absolute Gasteiger partial charge is 0.303 e. The van der Waals surface area contributed by atoms with Gasteiger partial charge in [-0.15, -0.1) is 0 Å². The van der Waals surface area contributed by atoms with Gasteiger partial charge in [-0.1, -0.05) is 11.6 Å². The molecule has 20 heavy (non-hydrogen) atoms. The highest BCUT2D eigenvalue weighted by Crippen LogP contribution is 2.38. The van der Waals surface area contributed by atoms with Crippen LogP contribution in [0.5, 0.6) is 0 Å². The Morgan fingerprint density at radius 2 is 2.10 bits per heavy atom. The molecule has 0 bridgehead atoms. The fourth-order valence-corrected chi connectivity index (χ4v) is 3.36. The van der Waals surface area contributed by atoms with Crippen LogP contribution in [0.1, 0.15) is 53.4 Å². The zero-order valence-corrected chi connectivity index (χ0v) is 12.9. The van der Waals surface area contributed by atoms with Crippen molar-refractivity contribution < 1.29 is 19.4 Å². The van der Waals surface area contributed by atoms with Gasteiger partial charge in [0, 0.05) is 12.8 Å². The molecule has 2 rings (SSSR count). The molecule has 0 aromatic rings. The molecular weight excluding hydrogens is 256 g/mol. The topological polar surface area (TPSA) is 55.8 Å². The molecule has 4 heteroatoms. The molecule has 0 saturated carbocycles. The third-order valence-electron chi connectivity index (χ3n) is 4.50. The normalized spacial score (nSPS) is 37.1. The van der Waals surface area contributed by atoms with E-state index in [2.05, 4.69) is 6.92 Å². The molecule has 4 atom stereocenters. The lowest BCUT2D eigenvalue weighted by atomic mass is 9.79. The van der Waals surface area contributed by atoms with Crippen molar-refractivity contribution in [2.45, 2.75) is 77.3 Å². The summed E-state index contributed by atoms with van der Waals surface area (Å²) in [6, 6.07) is 0. The average molecular weight is 282 g/mol. The molecule has 0 radical (unpaired) electrons. The Morgan fingerprint density at radius 1 is 1.40 bits per heavy atom. The summed E-state index contributed by atoms with van der Waals surface area (Å²) in [7, 11) is 0. The van der Waals surface area contributed by atoms with E-state index in [0.29, 0.717) is 0 Å². The Hall–Kier alpha value is -0.870. The summed E-state index contributed by atoms with van der Waals surface area (Å²) in [5.41, 5.74) is 0.756. The standard InChI is InChI=1S/C16H26O4/c1-10-5-6-12(13(18)9-10)14-7-8-15(19-11(2)17)16(3,4)20-14/h9,12-15,18H,5-8H2,1-4H3. The Kier molecular flexibility index (Phi) is 4.55. The molecule has 1 fully saturated rings. The molecule has 1 aliphatic carbocycles. The van der Waals surface area contributed by atoms with E-state index >= 15 is 0 Å². The van der Waals surface area contributed by atoms with E-state index in [1.807, 2.05) is 19.9 Å². The first-order valence-corrected chi connectivity index (χ1v) is 7.50. The van der Waals surface area contributed by atoms with Crippen LogP contribution in [0.3, 0.4) is 0 Å². The minimum Gasteiger partial charge on any atom is -0.460 e. The van der Waals surface area contributed by atoms with Gasteiger partial charge in [0.25, 0.3) is 0 Å². The summed E-state index contributed by atoms with van der Waals surface area (Å²) < 4.78 is 11.5. The van der Waals surface area contributed by atoms with Gasteiger partial charge in [-0.3, -0.25) is 4.79 Å². The molecule has 1 heterocycles. The first-order valence-electron chi connectivity index (χ1n) is 7.50. The predicted octanol–water partition coefficient (Wildman–Crippen LogP) is 2.59. The molecular formula is C16H26O4. The number of aliphatic hydroxyl groups is 1. The number of hydrogen-bond acceptors (Lipinski definition) is 4. The Labute approximate surface area is 121 Å². The highest BCUT2D eigenvalue weighted by molar-refractivity contribution is 5.66. The Bertz CT molecular complexity index is 399. The highest BCUT2D eigenvalue weighted by atomic mass is 16.6. The molecule has 4 nitrogen and oxygen atoms in total. The summed E-state index contributed by atoms with van der Waals surface area (Å²) in [6.07, 6.45) is 4.97. The van der Waals surface area contributed by atoms with Crippen molar-refractivity contribution in [1.29, 1.82) is 0 Å². The second kappa shape index (κ2) is 5.86. The number of allylic oxidation sites excluding steroid dienone is 1. The van der Waals surface area contributed by atoms with Crippen molar-refractivity contribution in [2.24, 2.45) is 5.92 Å². The van der Waals surface area contributed by atoms with Crippen molar-refractivity contribution >= 4 is 5.97 Å². The zero-order chi connectivity index (χ0) is 14.9. The molecule has 0 aromatic heterocycles. The van der Waals surface area contributed by atoms with E-state index in [1.54, 1.807) is 0 Å². The Balaban J connectivity index is 2.02. The summed E-state index contributed by atoms with van der Waals surface area (Å²) in [5.74, 6) is -0.113. The number of carbonyl (C=O) groups excluding carboxylic acids is 1. The van der Waals surface area contributed by atoms with Crippen molar-refractivity contribution in [3.05, 3.63) is 11.6 Å². The van der Waals surface area contributed by atoms with E-state index < -0.39 is 11.7 Å². The van der Waals surface area contributed by atoms with Crippen molar-refractivity contribution in [2.75, 3.05) is 0 Å². The molecule has 114 valence electrons. The molecule has 1 aliphatic heterocycles. The maximum absolute atomic E-state index is 11.1. The third kappa shape index (κ3) is 3.41. The first-order chi connectivity index (χ1) is 9.29. The van der Waals surface area contributed by atoms with Crippen LogP contribution in [0.15, 0.2) is 11.6 Å². The van der Waals surface area contributed by atoms with Crippen molar-refractivity contribution in [3.8, 4) is 0 Å². The van der Waals surface area contributed by atoms with Crippen LogP contribution in [-0.4, -0.2) is 35.0 Å². The maximum Gasteiger partial charge on any atom is 0.303 e. The summed E-state index contributed by atoms with van der Waals surface area (Å²) >= 11 is 0. The number of esters is 1. The third-order valence-corrected chi connectivity index (χ3v) is 4.50. The molecule has 0 aromatic carbocycles. The summed E-state index contributed by atoms with van der Waals surface area (Å²) in [6.45, 7) is 7.41. The van der Waals surface area contributed by atoms with E-state index in [-0.39, 0.29) is 24.1 Å². The van der Waals surface area contributed by atoms with Gasteiger partial charge in [0.05, 0.1) is 17.8 Å². The number of carbonyl (C=O) groups is 1. The number of aliphatic hydroxyl groups excluding tert-OH is 1. The van der Waals surface area contributed by atoms with Gasteiger partial charge >= 0.3 is 5.97 Å². The molecule has 1 N–H and O–H groups in total. The zero-order valence-electron chi connectivity index (χ0n) is 12.9. The largest absolute Gasteiger partial charge is 0.460 e. The van der Waals surface area contributed by atoms with Crippen LogP contribution in [0.2, 0.25) is 0 Å². The van der Waals surface area contributed by atoms with E-state index in [1.165, 1.54) is 12.5 Å². The van der Waals surface area contributed by atoms with E-state index in [0.717, 1.165) is 25.7 Å². The van der Waals surface area contributed by atoms with Gasteiger partial charge in [0.15, 0.2) is 0 Å². The van der Waals surface area contributed by atoms with Crippen molar-refractivity contribution in [3.63, 3.8) is 0 Å². The van der Waals surface area contributed by atoms with Crippen LogP contribution in [-0.2, 0) is 14.3 Å². The van der Waals surface area contributed by atoms with Crippen LogP contribution in [0.25, 0.3) is 0 Å². The number of ether oxygens (including phenoxy) is 2. The van der Waals surface area contributed by atoms with Gasteiger partial charge in [0.1, 0.15) is 6.10 Å². The monoisotopic (exact) mass is 282 g/mol. The first kappa shape index (κ1) is 15.5. The van der Waals surface area contributed by atoms with Crippen molar-refractivity contribution in [1.82, 2.24) is 0 Å². The van der Waals surface area contributed by atoms with E-state index in [4.69, 9.17) is 9.47 Å². The quantitative estimate of drug-likeness (QED) is 0.625. The molecule has 0 amide bonds. The van der Waals surface area contributed by atoms with Gasteiger partial charge in [0.2, 0.25) is 0 Å². The fraction of sp³-hybridized carbons (Fsp3) is 0.812. The summed E-state index contributed by atoms with van der Waals surface area (Å²) in [4.78, 5) is 11.1. The van der Waals surface area contributed by atoms with Crippen LogP contribution in [0, 0.1) is 5.92 Å². The minimum absolute atomic E-state index is 0.0381. The lowest BCUT2D eigenvalue weighted by Crippen LogP contribution is -2.52. The maximum atomic E-state index is 11.1. The van der Waals surface area contributed by atoms with Gasteiger partial charge in [-0.25, -0.2) is 0 Å². The SMILES string of the molecule is CC(=O)OC1CCC(C2CCC(C)=CC2O)OC1(C)C. The van der Waals surface area contributed by atoms with Crippen LogP contribution >= 0.6 is 0 Å². The average Bonchev–Trinajstić information content (AvgIpc) is 2.31. The van der Waals surface area contributed by atoms with E-state index in [9.17, 15) is 9.90 Å². The van der Waals surface area contributed by atoms with Crippen LogP contribution < -0.4 is 0 Å². The second-order valence-electron chi connectivity index (χ2n) is 6.64. The molecule has 4 unspecified atom stereocenters. The van der Waals surface area contributed by atoms with Gasteiger partial charge < -0.3 is 14.6 Å². The Morgan fingerprint density at radius 3 is 2.65 bits per heavy atom. The molecule has 1 saturated heterocycles. The predicted molar refractivity (Wildman–Crippen MR) is 76.2 cm³/mol. The molecule has 2 aliphatic rings. The van der Waals surface area contributed by atoms with Gasteiger partial charge in [-0.05, 0) is 46.5 Å². The lowest BCUT2D eigenvalue weighted by Gasteiger charge is -2.45. The summed E-state index contributed by atoms with van der Waals surface area (Å²) in [5, 5.41) is 10.2. The fourth-order valence-electron chi connectivity index (χ4n) is 3.36. The van der Waals surface area contributed by atoms with Gasteiger partial charge in [-0.2, -0.15) is 0 Å². The molecule has 0 spiro atoms. The van der Waals surface area contributed by atoms with Crippen LogP contribution in [0.4, 0.5) is 0 Å². The minimum atomic E-state index is -0.496. The second-order valence-corrected chi connectivity index (χ2v) is 6.64. The number of hydrogen-bond donors (Lipinski definition) is 1. The highest BCUT2D eigenvalue weighted by Gasteiger charge is 2.43.